The van der Waals surface area contributed by atoms with Crippen molar-refractivity contribution in [2.24, 2.45) is 0 Å². The summed E-state index contributed by atoms with van der Waals surface area (Å²) >= 11 is 0. The Kier molecular flexibility index (Phi) is 8.56. The summed E-state index contributed by atoms with van der Waals surface area (Å²) in [5.74, 6) is -0.339. The van der Waals surface area contributed by atoms with E-state index in [2.05, 4.69) is 97.1 Å². The summed E-state index contributed by atoms with van der Waals surface area (Å²) in [6, 6.07) is 34.2. The molecule has 0 saturated heterocycles. The number of hydrogen-bond donors (Lipinski definition) is 0. The van der Waals surface area contributed by atoms with Crippen LogP contribution >= 0.6 is 0 Å². The fourth-order valence-electron chi connectivity index (χ4n) is 5.31. The lowest BCUT2D eigenvalue weighted by atomic mass is 9.85. The van der Waals surface area contributed by atoms with Gasteiger partial charge in [-0.2, -0.15) is 0 Å². The van der Waals surface area contributed by atoms with E-state index in [1.807, 2.05) is 6.92 Å². The topological polar surface area (TPSA) is 52.6 Å². The largest absolute Gasteiger partial charge is 0.469 e. The van der Waals surface area contributed by atoms with Crippen LogP contribution in [0.3, 0.4) is 0 Å². The number of esters is 2. The Morgan fingerprint density at radius 1 is 0.575 bits per heavy atom. The highest BCUT2D eigenvalue weighted by Gasteiger charge is 2.16. The van der Waals surface area contributed by atoms with Crippen molar-refractivity contribution in [3.63, 3.8) is 0 Å². The molecule has 4 nitrogen and oxygen atoms in total. The summed E-state index contributed by atoms with van der Waals surface area (Å²) < 4.78 is 10.0. The zero-order valence-electron chi connectivity index (χ0n) is 23.1. The summed E-state index contributed by atoms with van der Waals surface area (Å²) in [4.78, 5) is 23.5. The monoisotopic (exact) mass is 530 g/mol. The van der Waals surface area contributed by atoms with Crippen LogP contribution in [-0.4, -0.2) is 25.7 Å². The first-order valence-corrected chi connectivity index (χ1v) is 13.9. The third-order valence-corrected chi connectivity index (χ3v) is 7.35. The molecule has 0 aliphatic carbocycles. The van der Waals surface area contributed by atoms with Gasteiger partial charge in [0.05, 0.1) is 13.7 Å². The highest BCUT2D eigenvalue weighted by atomic mass is 16.5. The van der Waals surface area contributed by atoms with Gasteiger partial charge in [0.15, 0.2) is 0 Å². The van der Waals surface area contributed by atoms with E-state index in [4.69, 9.17) is 9.47 Å². The molecule has 0 fully saturated rings. The second kappa shape index (κ2) is 12.6. The molecule has 0 N–H and O–H groups in total. The first-order chi connectivity index (χ1) is 19.6. The van der Waals surface area contributed by atoms with Crippen LogP contribution in [0.25, 0.3) is 43.8 Å². The molecule has 0 aliphatic heterocycles. The second-order valence-electron chi connectivity index (χ2n) is 10.0. The van der Waals surface area contributed by atoms with Crippen LogP contribution in [0, 0.1) is 0 Å². The van der Waals surface area contributed by atoms with E-state index in [1.165, 1.54) is 39.8 Å². The average Bonchev–Trinajstić information content (AvgIpc) is 3.01. The minimum Gasteiger partial charge on any atom is -0.469 e. The van der Waals surface area contributed by atoms with Crippen LogP contribution in [-0.2, 0) is 31.9 Å². The molecule has 0 heterocycles. The smallest absolute Gasteiger partial charge is 0.306 e. The van der Waals surface area contributed by atoms with E-state index in [0.717, 1.165) is 28.7 Å². The highest BCUT2D eigenvalue weighted by Crippen LogP contribution is 2.43. The first-order valence-electron chi connectivity index (χ1n) is 13.9. The van der Waals surface area contributed by atoms with Gasteiger partial charge in [0.2, 0.25) is 0 Å². The van der Waals surface area contributed by atoms with Crippen molar-refractivity contribution in [1.82, 2.24) is 0 Å². The van der Waals surface area contributed by atoms with Crippen LogP contribution in [0.4, 0.5) is 0 Å². The molecule has 0 atom stereocenters. The van der Waals surface area contributed by atoms with Gasteiger partial charge >= 0.3 is 11.9 Å². The predicted octanol–water partition coefficient (Wildman–Crippen LogP) is 8.32. The van der Waals surface area contributed by atoms with Crippen molar-refractivity contribution >= 4 is 33.5 Å². The molecule has 40 heavy (non-hydrogen) atoms. The Labute approximate surface area is 235 Å². The zero-order chi connectivity index (χ0) is 27.9. The molecule has 0 unspecified atom stereocenters. The van der Waals surface area contributed by atoms with E-state index >= 15 is 0 Å². The summed E-state index contributed by atoms with van der Waals surface area (Å²) in [6.07, 6.45) is 2.92. The number of hydrogen-bond acceptors (Lipinski definition) is 4. The second-order valence-corrected chi connectivity index (χ2v) is 10.0. The average molecular weight is 531 g/mol. The molecular weight excluding hydrogens is 496 g/mol. The van der Waals surface area contributed by atoms with Gasteiger partial charge in [-0.1, -0.05) is 104 Å². The van der Waals surface area contributed by atoms with Crippen molar-refractivity contribution in [3.8, 4) is 22.3 Å². The van der Waals surface area contributed by atoms with Crippen LogP contribution in [0.15, 0.2) is 97.1 Å². The molecule has 0 amide bonds. The predicted molar refractivity (Wildman–Crippen MR) is 162 cm³/mol. The molecule has 0 radical (unpaired) electrons. The number of carbonyl (C=O) groups is 2. The van der Waals surface area contributed by atoms with Gasteiger partial charge in [-0.3, -0.25) is 9.59 Å². The standard InChI is InChI=1S/C36H34O4/c1-3-24-40-34(38)23-17-26-14-20-28(21-15-26)36-31-10-6-4-8-29(31)35(30-9-5-7-11-32(30)36)27-18-12-25(13-19-27)16-22-33(37)39-2/h4-15,18-21H,3,16-17,22-24H2,1-2H3. The minimum absolute atomic E-state index is 0.144. The summed E-state index contributed by atoms with van der Waals surface area (Å²) in [7, 11) is 1.42. The Morgan fingerprint density at radius 3 is 1.35 bits per heavy atom. The molecule has 0 aliphatic rings. The van der Waals surface area contributed by atoms with Crippen molar-refractivity contribution in [2.75, 3.05) is 13.7 Å². The molecule has 5 rings (SSSR count). The number of carbonyl (C=O) groups excluding carboxylic acids is 2. The van der Waals surface area contributed by atoms with E-state index in [0.29, 0.717) is 32.3 Å². The molecule has 0 bridgehead atoms. The molecule has 202 valence electrons. The molecule has 5 aromatic carbocycles. The Morgan fingerprint density at radius 2 is 0.975 bits per heavy atom. The molecule has 0 saturated carbocycles. The molecule has 4 heteroatoms. The maximum absolute atomic E-state index is 12.0. The fourth-order valence-corrected chi connectivity index (χ4v) is 5.31. The molecule has 0 aromatic heterocycles. The molecule has 0 spiro atoms. The van der Waals surface area contributed by atoms with E-state index in [-0.39, 0.29) is 11.9 Å². The molecular formula is C36H34O4. The summed E-state index contributed by atoms with van der Waals surface area (Å²) in [5, 5.41) is 4.78. The highest BCUT2D eigenvalue weighted by molar-refractivity contribution is 6.21. The van der Waals surface area contributed by atoms with Gasteiger partial charge in [-0.05, 0) is 74.2 Å². The third-order valence-electron chi connectivity index (χ3n) is 7.35. The number of benzene rings is 5. The fraction of sp³-hybridized carbons (Fsp3) is 0.222. The van der Waals surface area contributed by atoms with Gasteiger partial charge in [0, 0.05) is 12.8 Å². The van der Waals surface area contributed by atoms with Crippen LogP contribution in [0.5, 0.6) is 0 Å². The van der Waals surface area contributed by atoms with Crippen LogP contribution in [0.1, 0.15) is 37.3 Å². The number of aryl methyl sites for hydroxylation is 2. The van der Waals surface area contributed by atoms with E-state index < -0.39 is 0 Å². The number of fused-ring (bicyclic) bond motifs is 2. The summed E-state index contributed by atoms with van der Waals surface area (Å²) in [5.41, 5.74) is 6.93. The van der Waals surface area contributed by atoms with Gasteiger partial charge in [-0.25, -0.2) is 0 Å². The van der Waals surface area contributed by atoms with Crippen molar-refractivity contribution in [2.45, 2.75) is 39.0 Å². The number of rotatable bonds is 10. The lowest BCUT2D eigenvalue weighted by Crippen LogP contribution is -2.06. The van der Waals surface area contributed by atoms with Gasteiger partial charge in [0.1, 0.15) is 0 Å². The Balaban J connectivity index is 1.53. The van der Waals surface area contributed by atoms with Gasteiger partial charge in [0.25, 0.3) is 0 Å². The number of ether oxygens (including phenoxy) is 2. The Hall–Kier alpha value is -4.44. The first kappa shape index (κ1) is 27.1. The third kappa shape index (κ3) is 5.91. The van der Waals surface area contributed by atoms with Crippen molar-refractivity contribution in [3.05, 3.63) is 108 Å². The lowest BCUT2D eigenvalue weighted by Gasteiger charge is -2.18. The Bertz CT molecular complexity index is 1580. The quantitative estimate of drug-likeness (QED) is 0.135. The normalized spacial score (nSPS) is 11.1. The number of methoxy groups -OCH3 is 1. The van der Waals surface area contributed by atoms with Crippen LogP contribution in [0.2, 0.25) is 0 Å². The van der Waals surface area contributed by atoms with Gasteiger partial charge < -0.3 is 9.47 Å². The molecule has 5 aromatic rings. The maximum Gasteiger partial charge on any atom is 0.306 e. The SMILES string of the molecule is CCCOC(=O)CCc1ccc(-c2c3ccccc3c(-c3ccc(CCC(=O)OC)cc3)c3ccccc23)cc1. The minimum atomic E-state index is -0.195. The van der Waals surface area contributed by atoms with Crippen molar-refractivity contribution in [1.29, 1.82) is 0 Å². The van der Waals surface area contributed by atoms with Crippen molar-refractivity contribution < 1.29 is 19.1 Å². The van der Waals surface area contributed by atoms with E-state index in [1.54, 1.807) is 0 Å². The maximum atomic E-state index is 12.0. The summed E-state index contributed by atoms with van der Waals surface area (Å²) in [6.45, 7) is 2.48. The van der Waals surface area contributed by atoms with Gasteiger partial charge in [-0.15, -0.1) is 0 Å². The lowest BCUT2D eigenvalue weighted by molar-refractivity contribution is -0.143. The van der Waals surface area contributed by atoms with Crippen LogP contribution < -0.4 is 0 Å². The zero-order valence-corrected chi connectivity index (χ0v) is 23.1. The van der Waals surface area contributed by atoms with E-state index in [9.17, 15) is 9.59 Å².